The molecule has 0 radical (unpaired) electrons. The normalized spacial score (nSPS) is 13.7. The fourth-order valence-corrected chi connectivity index (χ4v) is 3.59. The molecule has 2 rings (SSSR count). The van der Waals surface area contributed by atoms with Gasteiger partial charge in [-0.2, -0.15) is 0 Å². The highest BCUT2D eigenvalue weighted by Gasteiger charge is 2.37. The van der Waals surface area contributed by atoms with E-state index < -0.39 is 35.9 Å². The number of hydrogen-bond acceptors (Lipinski definition) is 10. The van der Waals surface area contributed by atoms with Gasteiger partial charge in [0.1, 0.15) is 11.6 Å². The van der Waals surface area contributed by atoms with Gasteiger partial charge in [0.05, 0.1) is 18.8 Å². The Morgan fingerprint density at radius 3 is 1.83 bits per heavy atom. The molecule has 230 valence electrons. The van der Waals surface area contributed by atoms with Gasteiger partial charge >= 0.3 is 24.2 Å². The Kier molecular flexibility index (Phi) is 11.5. The fourth-order valence-electron chi connectivity index (χ4n) is 3.59. The summed E-state index contributed by atoms with van der Waals surface area (Å²) in [5.74, 6) is -2.28. The van der Waals surface area contributed by atoms with E-state index in [0.717, 1.165) is 0 Å². The van der Waals surface area contributed by atoms with E-state index in [4.69, 9.17) is 29.4 Å². The summed E-state index contributed by atoms with van der Waals surface area (Å²) < 4.78 is 26.3. The van der Waals surface area contributed by atoms with Crippen LogP contribution in [0.15, 0.2) is 48.5 Å². The highest BCUT2D eigenvalue weighted by atomic mass is 16.7. The molecule has 0 fully saturated rings. The first-order valence-electron chi connectivity index (χ1n) is 13.5. The van der Waals surface area contributed by atoms with Gasteiger partial charge in [-0.1, -0.05) is 65.8 Å². The van der Waals surface area contributed by atoms with Gasteiger partial charge < -0.3 is 34.5 Å². The van der Waals surface area contributed by atoms with Gasteiger partial charge in [-0.25, -0.2) is 14.4 Å². The van der Waals surface area contributed by atoms with E-state index in [9.17, 15) is 24.3 Å². The number of esters is 1. The minimum absolute atomic E-state index is 0.0554. The quantitative estimate of drug-likeness (QED) is 0.186. The molecule has 3 N–H and O–H groups in total. The van der Waals surface area contributed by atoms with Crippen LogP contribution in [0.3, 0.4) is 0 Å². The van der Waals surface area contributed by atoms with Gasteiger partial charge in [0, 0.05) is 12.8 Å². The van der Waals surface area contributed by atoms with Crippen LogP contribution in [0.1, 0.15) is 70.8 Å². The van der Waals surface area contributed by atoms with Gasteiger partial charge in [-0.15, -0.1) is 0 Å². The number of rotatable bonds is 11. The van der Waals surface area contributed by atoms with E-state index in [0.29, 0.717) is 11.1 Å². The SMILES string of the molecule is C[C@@H](CC(N)(Cc1ccc(OC(=O)OCC(C)(C)C)c(OC(=O)OCC(C)(C)C)c1)C(=O)O)OC(=O)c1ccccc1. The summed E-state index contributed by atoms with van der Waals surface area (Å²) in [5.41, 5.74) is 4.45. The largest absolute Gasteiger partial charge is 0.513 e. The van der Waals surface area contributed by atoms with Crippen molar-refractivity contribution in [2.24, 2.45) is 16.6 Å². The average Bonchev–Trinajstić information content (AvgIpc) is 2.87. The Balaban J connectivity index is 2.26. The average molecular weight is 588 g/mol. The summed E-state index contributed by atoms with van der Waals surface area (Å²) in [6, 6.07) is 12.4. The zero-order valence-electron chi connectivity index (χ0n) is 25.2. The molecule has 0 aliphatic rings. The lowest BCUT2D eigenvalue weighted by atomic mass is 9.86. The first-order chi connectivity index (χ1) is 19.4. The summed E-state index contributed by atoms with van der Waals surface area (Å²) in [6.45, 7) is 12.9. The topological polar surface area (TPSA) is 161 Å². The summed E-state index contributed by atoms with van der Waals surface area (Å²) in [5, 5.41) is 10.00. The van der Waals surface area contributed by atoms with Crippen LogP contribution in [0, 0.1) is 10.8 Å². The zero-order chi connectivity index (χ0) is 31.7. The predicted octanol–water partition coefficient (Wildman–Crippen LogP) is 5.77. The number of ether oxygens (including phenoxy) is 5. The van der Waals surface area contributed by atoms with Crippen LogP contribution in [0.4, 0.5) is 9.59 Å². The van der Waals surface area contributed by atoms with Crippen LogP contribution in [0.25, 0.3) is 0 Å². The highest BCUT2D eigenvalue weighted by molar-refractivity contribution is 5.89. The Bertz CT molecular complexity index is 1250. The minimum Gasteiger partial charge on any atom is -0.480 e. The maximum atomic E-state index is 12.4. The highest BCUT2D eigenvalue weighted by Crippen LogP contribution is 2.32. The van der Waals surface area contributed by atoms with E-state index in [-0.39, 0.29) is 48.4 Å². The molecule has 42 heavy (non-hydrogen) atoms. The lowest BCUT2D eigenvalue weighted by Gasteiger charge is -2.28. The van der Waals surface area contributed by atoms with E-state index in [1.807, 2.05) is 41.5 Å². The third-order valence-corrected chi connectivity index (χ3v) is 5.56. The van der Waals surface area contributed by atoms with E-state index in [1.165, 1.54) is 18.2 Å². The van der Waals surface area contributed by atoms with Crippen molar-refractivity contribution in [1.82, 2.24) is 0 Å². The molecule has 0 saturated heterocycles. The molecule has 0 saturated carbocycles. The van der Waals surface area contributed by atoms with Crippen LogP contribution < -0.4 is 15.2 Å². The Labute approximate surface area is 246 Å². The van der Waals surface area contributed by atoms with Crippen LogP contribution >= 0.6 is 0 Å². The lowest BCUT2D eigenvalue weighted by molar-refractivity contribution is -0.144. The molecule has 2 aromatic carbocycles. The summed E-state index contributed by atoms with van der Waals surface area (Å²) in [7, 11) is 0. The number of hydrogen-bond donors (Lipinski definition) is 2. The number of carbonyl (C=O) groups is 4. The molecular weight excluding hydrogens is 546 g/mol. The van der Waals surface area contributed by atoms with Crippen molar-refractivity contribution in [3.05, 3.63) is 59.7 Å². The number of nitrogens with two attached hydrogens (primary N) is 1. The lowest BCUT2D eigenvalue weighted by Crippen LogP contribution is -2.52. The zero-order valence-corrected chi connectivity index (χ0v) is 25.2. The number of aliphatic carboxylic acids is 1. The molecule has 1 unspecified atom stereocenters. The predicted molar refractivity (Wildman–Crippen MR) is 153 cm³/mol. The molecule has 0 aromatic heterocycles. The number of carboxylic acids is 1. The first-order valence-corrected chi connectivity index (χ1v) is 13.5. The first kappa shape index (κ1) is 34.1. The van der Waals surface area contributed by atoms with Gasteiger partial charge in [-0.05, 0) is 47.6 Å². The van der Waals surface area contributed by atoms with Crippen LogP contribution in [0.5, 0.6) is 11.5 Å². The molecule has 0 heterocycles. The van der Waals surface area contributed by atoms with E-state index in [2.05, 4.69) is 0 Å². The third kappa shape index (κ3) is 11.8. The summed E-state index contributed by atoms with van der Waals surface area (Å²) in [6.07, 6.45) is -3.37. The smallest absolute Gasteiger partial charge is 0.480 e. The second-order valence-corrected chi connectivity index (χ2v) is 12.6. The van der Waals surface area contributed by atoms with Crippen LogP contribution in [0.2, 0.25) is 0 Å². The van der Waals surface area contributed by atoms with Crippen molar-refractivity contribution in [1.29, 1.82) is 0 Å². The molecule has 11 heteroatoms. The monoisotopic (exact) mass is 587 g/mol. The standard InChI is InChI=1S/C31H41NO10/c1-20(40-25(33)22-11-9-8-10-12-22)16-31(32,26(34)35)17-21-13-14-23(41-27(36)38-18-29(2,3)4)24(15-21)42-28(37)39-19-30(5,6)7/h8-15,20H,16-19,32H2,1-7H3,(H,34,35)/t20-,31?/m0/s1. The number of carbonyl (C=O) groups excluding carboxylic acids is 3. The van der Waals surface area contributed by atoms with Crippen LogP contribution in [-0.2, 0) is 25.4 Å². The van der Waals surface area contributed by atoms with Crippen molar-refractivity contribution >= 4 is 24.2 Å². The third-order valence-electron chi connectivity index (χ3n) is 5.56. The Morgan fingerprint density at radius 1 is 0.810 bits per heavy atom. The van der Waals surface area contributed by atoms with Crippen LogP contribution in [-0.4, -0.2) is 54.2 Å². The van der Waals surface area contributed by atoms with Crippen molar-refractivity contribution < 1.29 is 48.0 Å². The Hall–Kier alpha value is -4.12. The number of carboxylic acid groups (broad SMARTS) is 1. The van der Waals surface area contributed by atoms with E-state index >= 15 is 0 Å². The minimum atomic E-state index is -1.87. The van der Waals surface area contributed by atoms with Crippen molar-refractivity contribution in [2.75, 3.05) is 13.2 Å². The maximum absolute atomic E-state index is 12.4. The second kappa shape index (κ2) is 14.2. The molecule has 0 aliphatic carbocycles. The molecule has 2 atom stereocenters. The summed E-state index contributed by atoms with van der Waals surface area (Å²) >= 11 is 0. The molecule has 0 amide bonds. The second-order valence-electron chi connectivity index (χ2n) is 12.6. The van der Waals surface area contributed by atoms with Gasteiger partial charge in [0.15, 0.2) is 11.5 Å². The molecule has 0 spiro atoms. The van der Waals surface area contributed by atoms with Crippen molar-refractivity contribution in [3.63, 3.8) is 0 Å². The van der Waals surface area contributed by atoms with Gasteiger partial charge in [0.2, 0.25) is 0 Å². The molecule has 2 aromatic rings. The fraction of sp³-hybridized carbons (Fsp3) is 0.484. The summed E-state index contributed by atoms with van der Waals surface area (Å²) in [4.78, 5) is 49.5. The molecule has 0 bridgehead atoms. The molecular formula is C31H41NO10. The number of benzene rings is 2. The van der Waals surface area contributed by atoms with Gasteiger partial charge in [-0.3, -0.25) is 4.79 Å². The van der Waals surface area contributed by atoms with Crippen molar-refractivity contribution in [3.8, 4) is 11.5 Å². The van der Waals surface area contributed by atoms with Gasteiger partial charge in [0.25, 0.3) is 0 Å². The Morgan fingerprint density at radius 2 is 1.33 bits per heavy atom. The molecule has 0 aliphatic heterocycles. The van der Waals surface area contributed by atoms with E-state index in [1.54, 1.807) is 37.3 Å². The van der Waals surface area contributed by atoms with Crippen molar-refractivity contribution in [2.45, 2.75) is 73.0 Å². The molecule has 11 nitrogen and oxygen atoms in total. The maximum Gasteiger partial charge on any atom is 0.513 e.